The molecule has 1 aromatic rings. The maximum Gasteiger partial charge on any atom is 0.318 e. The smallest absolute Gasteiger partial charge is 0.318 e. The quantitative estimate of drug-likeness (QED) is 0.790. The second-order valence-corrected chi connectivity index (χ2v) is 5.57. The molecule has 0 aromatic carbocycles. The lowest BCUT2D eigenvalue weighted by atomic mass is 10.3. The van der Waals surface area contributed by atoms with E-state index in [1.54, 1.807) is 0 Å². The summed E-state index contributed by atoms with van der Waals surface area (Å²) in [6, 6.07) is 0.743. The Labute approximate surface area is 120 Å². The molecule has 0 spiro atoms. The minimum absolute atomic E-state index is 0.0950. The zero-order valence-electron chi connectivity index (χ0n) is 13.0. The number of anilines is 1. The Bertz CT molecular complexity index is 399. The van der Waals surface area contributed by atoms with Crippen LogP contribution in [0.25, 0.3) is 0 Å². The van der Waals surface area contributed by atoms with E-state index in [9.17, 15) is 0 Å². The summed E-state index contributed by atoms with van der Waals surface area (Å²) in [7, 11) is 6.11. The van der Waals surface area contributed by atoms with Gasteiger partial charge in [-0.15, -0.1) is 5.10 Å². The molecule has 0 saturated carbocycles. The zero-order chi connectivity index (χ0) is 14.5. The first-order valence-corrected chi connectivity index (χ1v) is 7.23. The van der Waals surface area contributed by atoms with Crippen LogP contribution in [0.5, 0.6) is 0 Å². The fraction of sp³-hybridized carbons (Fsp3) is 0.846. The molecule has 0 amide bonds. The molecule has 1 aliphatic rings. The van der Waals surface area contributed by atoms with Crippen molar-refractivity contribution in [2.75, 3.05) is 65.3 Å². The summed E-state index contributed by atoms with van der Waals surface area (Å²) >= 11 is 0. The summed E-state index contributed by atoms with van der Waals surface area (Å²) < 4.78 is 5.72. The number of hydrogen-bond acceptors (Lipinski definition) is 7. The second kappa shape index (κ2) is 7.01. The van der Waals surface area contributed by atoms with Gasteiger partial charge < -0.3 is 19.5 Å². The average molecular weight is 282 g/mol. The van der Waals surface area contributed by atoms with E-state index in [0.717, 1.165) is 39.3 Å². The van der Waals surface area contributed by atoms with Crippen LogP contribution < -0.4 is 10.2 Å². The van der Waals surface area contributed by atoms with Crippen LogP contribution in [0.15, 0.2) is 4.42 Å². The molecule has 2 heterocycles. The Kier molecular flexibility index (Phi) is 5.33. The van der Waals surface area contributed by atoms with Gasteiger partial charge >= 0.3 is 6.01 Å². The summed E-state index contributed by atoms with van der Waals surface area (Å²) in [6.07, 6.45) is 0. The van der Waals surface area contributed by atoms with Crippen LogP contribution in [0.2, 0.25) is 0 Å². The van der Waals surface area contributed by atoms with E-state index in [1.807, 2.05) is 14.0 Å². The summed E-state index contributed by atoms with van der Waals surface area (Å²) in [4.78, 5) is 6.87. The molecule has 1 unspecified atom stereocenters. The number of nitrogens with one attached hydrogen (secondary N) is 1. The highest BCUT2D eigenvalue weighted by Gasteiger charge is 2.22. The van der Waals surface area contributed by atoms with E-state index < -0.39 is 0 Å². The van der Waals surface area contributed by atoms with Gasteiger partial charge in [-0.25, -0.2) is 0 Å². The van der Waals surface area contributed by atoms with E-state index in [0.29, 0.717) is 11.9 Å². The van der Waals surface area contributed by atoms with Crippen LogP contribution in [-0.4, -0.2) is 80.4 Å². The zero-order valence-corrected chi connectivity index (χ0v) is 13.0. The van der Waals surface area contributed by atoms with Crippen molar-refractivity contribution in [2.45, 2.75) is 13.0 Å². The molecule has 1 saturated heterocycles. The second-order valence-electron chi connectivity index (χ2n) is 5.57. The van der Waals surface area contributed by atoms with Gasteiger partial charge in [0.15, 0.2) is 0 Å². The third-order valence-corrected chi connectivity index (χ3v) is 3.74. The Balaban J connectivity index is 1.83. The normalized spacial score (nSPS) is 18.8. The topological polar surface area (TPSA) is 60.7 Å². The molecule has 0 aliphatic carbocycles. The lowest BCUT2D eigenvalue weighted by molar-refractivity contribution is 0.226. The predicted octanol–water partition coefficient (Wildman–Crippen LogP) is 0.0336. The Morgan fingerprint density at radius 1 is 1.25 bits per heavy atom. The van der Waals surface area contributed by atoms with E-state index in [-0.39, 0.29) is 6.04 Å². The lowest BCUT2D eigenvalue weighted by Crippen LogP contribution is -2.48. The summed E-state index contributed by atoms with van der Waals surface area (Å²) in [5, 5.41) is 11.4. The summed E-state index contributed by atoms with van der Waals surface area (Å²) in [5.41, 5.74) is 0. The number of rotatable bonds is 6. The maximum atomic E-state index is 5.72. The molecule has 7 nitrogen and oxygen atoms in total. The highest BCUT2D eigenvalue weighted by atomic mass is 16.4. The first-order chi connectivity index (χ1) is 9.60. The first-order valence-electron chi connectivity index (χ1n) is 7.23. The molecule has 7 heteroatoms. The van der Waals surface area contributed by atoms with Crippen LogP contribution in [0, 0.1) is 0 Å². The number of piperazine rings is 1. The van der Waals surface area contributed by atoms with Crippen LogP contribution in [0.3, 0.4) is 0 Å². The van der Waals surface area contributed by atoms with Gasteiger partial charge in [-0.2, -0.15) is 0 Å². The van der Waals surface area contributed by atoms with Crippen molar-refractivity contribution in [1.29, 1.82) is 0 Å². The lowest BCUT2D eigenvalue weighted by Gasteiger charge is -2.34. The molecule has 1 atom stereocenters. The van der Waals surface area contributed by atoms with E-state index >= 15 is 0 Å². The van der Waals surface area contributed by atoms with E-state index in [2.05, 4.69) is 44.3 Å². The minimum atomic E-state index is 0.0950. The molecule has 1 aliphatic heterocycles. The highest BCUT2D eigenvalue weighted by molar-refractivity contribution is 5.25. The van der Waals surface area contributed by atoms with Gasteiger partial charge in [0.2, 0.25) is 5.89 Å². The molecule has 114 valence electrons. The molecule has 0 radical (unpaired) electrons. The molecule has 0 bridgehead atoms. The van der Waals surface area contributed by atoms with Gasteiger partial charge in [-0.05, 0) is 28.1 Å². The number of nitrogens with zero attached hydrogens (tertiary/aromatic N) is 5. The van der Waals surface area contributed by atoms with E-state index in [4.69, 9.17) is 4.42 Å². The van der Waals surface area contributed by atoms with Crippen molar-refractivity contribution in [1.82, 2.24) is 25.3 Å². The molecular weight excluding hydrogens is 256 g/mol. The summed E-state index contributed by atoms with van der Waals surface area (Å²) in [6.45, 7) is 8.22. The van der Waals surface area contributed by atoms with Crippen molar-refractivity contribution in [3.63, 3.8) is 0 Å². The van der Waals surface area contributed by atoms with Crippen molar-refractivity contribution in [3.8, 4) is 0 Å². The van der Waals surface area contributed by atoms with Gasteiger partial charge in [-0.3, -0.25) is 4.90 Å². The van der Waals surface area contributed by atoms with Gasteiger partial charge in [-0.1, -0.05) is 5.10 Å². The number of aromatic nitrogens is 2. The molecular formula is C13H26N6O. The molecule has 1 aromatic heterocycles. The van der Waals surface area contributed by atoms with Crippen LogP contribution >= 0.6 is 0 Å². The van der Waals surface area contributed by atoms with Gasteiger partial charge in [0.05, 0.1) is 6.04 Å². The number of hydrogen-bond donors (Lipinski definition) is 1. The van der Waals surface area contributed by atoms with Gasteiger partial charge in [0.25, 0.3) is 0 Å². The van der Waals surface area contributed by atoms with Crippen molar-refractivity contribution in [2.24, 2.45) is 0 Å². The SMILES string of the molecule is CNC(C)c1nnc(N2CCN(CCN(C)C)CC2)o1. The highest BCUT2D eigenvalue weighted by Crippen LogP contribution is 2.18. The van der Waals surface area contributed by atoms with Crippen LogP contribution in [-0.2, 0) is 0 Å². The van der Waals surface area contributed by atoms with Crippen molar-refractivity contribution in [3.05, 3.63) is 5.89 Å². The standard InChI is InChI=1S/C13H26N6O/c1-11(14-2)12-15-16-13(20-12)19-9-7-18(8-10-19)6-5-17(3)4/h11,14H,5-10H2,1-4H3. The molecule has 2 rings (SSSR count). The first kappa shape index (κ1) is 15.2. The Morgan fingerprint density at radius 2 is 1.95 bits per heavy atom. The fourth-order valence-electron chi connectivity index (χ4n) is 2.16. The molecule has 1 N–H and O–H groups in total. The van der Waals surface area contributed by atoms with Crippen molar-refractivity contribution < 1.29 is 4.42 Å². The Hall–Kier alpha value is -1.18. The monoisotopic (exact) mass is 282 g/mol. The molecule has 20 heavy (non-hydrogen) atoms. The van der Waals surface area contributed by atoms with Crippen LogP contribution in [0.4, 0.5) is 6.01 Å². The van der Waals surface area contributed by atoms with Gasteiger partial charge in [0.1, 0.15) is 0 Å². The summed E-state index contributed by atoms with van der Waals surface area (Å²) in [5.74, 6) is 0.650. The average Bonchev–Trinajstić information content (AvgIpc) is 2.94. The predicted molar refractivity (Wildman–Crippen MR) is 79.0 cm³/mol. The third kappa shape index (κ3) is 3.91. The van der Waals surface area contributed by atoms with Gasteiger partial charge in [0, 0.05) is 39.3 Å². The minimum Gasteiger partial charge on any atom is -0.406 e. The Morgan fingerprint density at radius 3 is 2.55 bits per heavy atom. The number of likely N-dealkylation sites (N-methyl/N-ethyl adjacent to an activating group) is 1. The largest absolute Gasteiger partial charge is 0.406 e. The molecule has 1 fully saturated rings. The maximum absolute atomic E-state index is 5.72. The fourth-order valence-corrected chi connectivity index (χ4v) is 2.16. The van der Waals surface area contributed by atoms with Crippen molar-refractivity contribution >= 4 is 6.01 Å². The third-order valence-electron chi connectivity index (χ3n) is 3.74. The van der Waals surface area contributed by atoms with Crippen LogP contribution in [0.1, 0.15) is 18.9 Å². The van der Waals surface area contributed by atoms with E-state index in [1.165, 1.54) is 0 Å².